The van der Waals surface area contributed by atoms with E-state index in [1.54, 1.807) is 6.33 Å². The maximum Gasteiger partial charge on any atom is 0.134 e. The van der Waals surface area contributed by atoms with Crippen LogP contribution < -0.4 is 9.80 Å². The van der Waals surface area contributed by atoms with Crippen LogP contribution in [-0.4, -0.2) is 73.9 Å². The molecule has 0 unspecified atom stereocenters. The van der Waals surface area contributed by atoms with Crippen molar-refractivity contribution in [3.05, 3.63) is 23.5 Å². The lowest BCUT2D eigenvalue weighted by atomic mass is 10.3. The molecular weight excluding hydrogens is 346 g/mol. The molecule has 22 heavy (non-hydrogen) atoms. The molecule has 2 aliphatic rings. The highest BCUT2D eigenvalue weighted by atomic mass is 79.9. The highest BCUT2D eigenvalue weighted by Crippen LogP contribution is 2.20. The van der Waals surface area contributed by atoms with Crippen LogP contribution in [0.1, 0.15) is 0 Å². The van der Waals surface area contributed by atoms with Gasteiger partial charge in [0.25, 0.3) is 0 Å². The Hall–Kier alpha value is -1.18. The Morgan fingerprint density at radius 1 is 1.05 bits per heavy atom. The summed E-state index contributed by atoms with van der Waals surface area (Å²) in [6.45, 7) is 12.2. The number of anilines is 2. The molecule has 7 heteroatoms. The first-order valence-electron chi connectivity index (χ1n) is 7.68. The molecule has 2 aliphatic heterocycles. The molecule has 0 radical (unpaired) electrons. The summed E-state index contributed by atoms with van der Waals surface area (Å²) in [5.74, 6) is 2.03. The maximum atomic E-state index is 5.40. The van der Waals surface area contributed by atoms with E-state index in [0.29, 0.717) is 0 Å². The molecular formula is C15H22BrN5O. The molecule has 0 spiro atoms. The molecule has 2 fully saturated rings. The van der Waals surface area contributed by atoms with Gasteiger partial charge in [-0.1, -0.05) is 22.5 Å². The van der Waals surface area contributed by atoms with Crippen molar-refractivity contribution in [2.45, 2.75) is 0 Å². The van der Waals surface area contributed by atoms with Gasteiger partial charge in [-0.2, -0.15) is 0 Å². The van der Waals surface area contributed by atoms with Gasteiger partial charge in [0.1, 0.15) is 18.0 Å². The number of piperazine rings is 1. The number of halogens is 1. The molecule has 6 nitrogen and oxygen atoms in total. The van der Waals surface area contributed by atoms with Crippen LogP contribution in [0.3, 0.4) is 0 Å². The minimum atomic E-state index is 0.772. The van der Waals surface area contributed by atoms with Gasteiger partial charge in [0, 0.05) is 56.4 Å². The van der Waals surface area contributed by atoms with Crippen molar-refractivity contribution in [2.75, 3.05) is 68.8 Å². The van der Waals surface area contributed by atoms with Crippen LogP contribution in [-0.2, 0) is 4.74 Å². The van der Waals surface area contributed by atoms with Crippen molar-refractivity contribution in [1.82, 2.24) is 14.9 Å². The van der Waals surface area contributed by atoms with Crippen LogP contribution in [0, 0.1) is 0 Å². The molecule has 0 aromatic carbocycles. The molecule has 0 bridgehead atoms. The maximum absolute atomic E-state index is 5.40. The van der Waals surface area contributed by atoms with Crippen molar-refractivity contribution in [2.24, 2.45) is 0 Å². The monoisotopic (exact) mass is 367 g/mol. The first kappa shape index (κ1) is 15.7. The highest BCUT2D eigenvalue weighted by Gasteiger charge is 2.20. The van der Waals surface area contributed by atoms with Gasteiger partial charge in [0.2, 0.25) is 0 Å². The third-order valence-electron chi connectivity index (χ3n) is 4.06. The number of rotatable bonds is 4. The summed E-state index contributed by atoms with van der Waals surface area (Å²) in [4.78, 5) is 15.9. The van der Waals surface area contributed by atoms with Gasteiger partial charge in [-0.25, -0.2) is 9.97 Å². The standard InChI is InChI=1S/C15H22BrN5O/c1-13(16)11-19-2-4-20(5-3-19)14-10-15(18-12-17-14)21-6-8-22-9-7-21/h10,12H,1-9,11H2. The summed E-state index contributed by atoms with van der Waals surface area (Å²) < 4.78 is 6.44. The summed E-state index contributed by atoms with van der Waals surface area (Å²) in [5, 5.41) is 0. The van der Waals surface area contributed by atoms with Crippen molar-refractivity contribution < 1.29 is 4.74 Å². The second-order valence-corrected chi connectivity index (χ2v) is 6.74. The van der Waals surface area contributed by atoms with Gasteiger partial charge in [-0.15, -0.1) is 0 Å². The summed E-state index contributed by atoms with van der Waals surface area (Å²) in [6, 6.07) is 2.10. The average molecular weight is 368 g/mol. The predicted molar refractivity (Wildman–Crippen MR) is 91.8 cm³/mol. The summed E-state index contributed by atoms with van der Waals surface area (Å²) in [6.07, 6.45) is 1.67. The molecule has 3 rings (SSSR count). The molecule has 1 aromatic heterocycles. The number of morpholine rings is 1. The number of aromatic nitrogens is 2. The van der Waals surface area contributed by atoms with Crippen LogP contribution in [0.2, 0.25) is 0 Å². The summed E-state index contributed by atoms with van der Waals surface area (Å²) in [5.41, 5.74) is 0. The normalized spacial score (nSPS) is 20.2. The van der Waals surface area contributed by atoms with Crippen LogP contribution >= 0.6 is 15.9 Å². The van der Waals surface area contributed by atoms with Crippen molar-refractivity contribution in [3.8, 4) is 0 Å². The van der Waals surface area contributed by atoms with Crippen LogP contribution in [0.5, 0.6) is 0 Å². The van der Waals surface area contributed by atoms with Gasteiger partial charge in [0.05, 0.1) is 13.2 Å². The predicted octanol–water partition coefficient (Wildman–Crippen LogP) is 1.34. The lowest BCUT2D eigenvalue weighted by Crippen LogP contribution is -2.47. The number of ether oxygens (including phenoxy) is 1. The molecule has 2 saturated heterocycles. The zero-order valence-corrected chi connectivity index (χ0v) is 14.3. The molecule has 0 amide bonds. The third kappa shape index (κ3) is 3.97. The highest BCUT2D eigenvalue weighted by molar-refractivity contribution is 9.11. The Morgan fingerprint density at radius 2 is 1.64 bits per heavy atom. The SMILES string of the molecule is C=C(Br)CN1CCN(c2cc(N3CCOCC3)ncn2)CC1. The van der Waals surface area contributed by atoms with E-state index in [9.17, 15) is 0 Å². The first-order chi connectivity index (χ1) is 10.7. The summed E-state index contributed by atoms with van der Waals surface area (Å²) >= 11 is 3.44. The Morgan fingerprint density at radius 3 is 2.23 bits per heavy atom. The van der Waals surface area contributed by atoms with Crippen LogP contribution in [0.25, 0.3) is 0 Å². The Labute approximate surface area is 139 Å². The molecule has 3 heterocycles. The van der Waals surface area contributed by atoms with E-state index in [1.165, 1.54) is 0 Å². The minimum Gasteiger partial charge on any atom is -0.378 e. The quantitative estimate of drug-likeness (QED) is 0.800. The second kappa shape index (κ2) is 7.39. The molecule has 0 aliphatic carbocycles. The number of hydrogen-bond acceptors (Lipinski definition) is 6. The number of hydrogen-bond donors (Lipinski definition) is 0. The van der Waals surface area contributed by atoms with Gasteiger partial charge in [-0.05, 0) is 0 Å². The lowest BCUT2D eigenvalue weighted by Gasteiger charge is -2.35. The lowest BCUT2D eigenvalue weighted by molar-refractivity contribution is 0.122. The largest absolute Gasteiger partial charge is 0.378 e. The zero-order chi connectivity index (χ0) is 15.4. The van der Waals surface area contributed by atoms with Gasteiger partial charge in [0.15, 0.2) is 0 Å². The van der Waals surface area contributed by atoms with E-state index in [2.05, 4.69) is 53.2 Å². The number of nitrogens with zero attached hydrogens (tertiary/aromatic N) is 5. The van der Waals surface area contributed by atoms with E-state index in [1.807, 2.05) is 0 Å². The van der Waals surface area contributed by atoms with Crippen molar-refractivity contribution in [1.29, 1.82) is 0 Å². The van der Waals surface area contributed by atoms with Gasteiger partial charge >= 0.3 is 0 Å². The Kier molecular flexibility index (Phi) is 5.28. The van der Waals surface area contributed by atoms with E-state index in [-0.39, 0.29) is 0 Å². The fourth-order valence-corrected chi connectivity index (χ4v) is 3.21. The van der Waals surface area contributed by atoms with E-state index in [4.69, 9.17) is 4.74 Å². The van der Waals surface area contributed by atoms with Gasteiger partial charge < -0.3 is 14.5 Å². The van der Waals surface area contributed by atoms with Crippen LogP contribution in [0.4, 0.5) is 11.6 Å². The molecule has 1 aromatic rings. The summed E-state index contributed by atoms with van der Waals surface area (Å²) in [7, 11) is 0. The van der Waals surface area contributed by atoms with Crippen molar-refractivity contribution in [3.63, 3.8) is 0 Å². The average Bonchev–Trinajstić information content (AvgIpc) is 2.56. The van der Waals surface area contributed by atoms with Crippen LogP contribution in [0.15, 0.2) is 23.5 Å². The minimum absolute atomic E-state index is 0.772. The van der Waals surface area contributed by atoms with E-state index < -0.39 is 0 Å². The molecule has 0 N–H and O–H groups in total. The van der Waals surface area contributed by atoms with Gasteiger partial charge in [-0.3, -0.25) is 4.90 Å². The first-order valence-corrected chi connectivity index (χ1v) is 8.47. The molecule has 0 atom stereocenters. The van der Waals surface area contributed by atoms with E-state index >= 15 is 0 Å². The Bertz CT molecular complexity index is 512. The zero-order valence-electron chi connectivity index (χ0n) is 12.7. The smallest absolute Gasteiger partial charge is 0.134 e. The van der Waals surface area contributed by atoms with Crippen molar-refractivity contribution >= 4 is 27.6 Å². The van der Waals surface area contributed by atoms with E-state index in [0.717, 1.165) is 75.1 Å². The topological polar surface area (TPSA) is 44.7 Å². The second-order valence-electron chi connectivity index (χ2n) is 5.61. The fraction of sp³-hybridized carbons (Fsp3) is 0.600. The fourth-order valence-electron chi connectivity index (χ4n) is 2.85. The molecule has 0 saturated carbocycles. The molecule has 120 valence electrons. The Balaban J connectivity index is 1.62. The third-order valence-corrected chi connectivity index (χ3v) is 4.32.